The average molecular weight is 271 g/mol. The van der Waals surface area contributed by atoms with Gasteiger partial charge < -0.3 is 9.47 Å². The first-order valence-corrected chi connectivity index (χ1v) is 6.22. The van der Waals surface area contributed by atoms with Crippen LogP contribution in [0, 0.1) is 0 Å². The van der Waals surface area contributed by atoms with Gasteiger partial charge >= 0.3 is 0 Å². The zero-order valence-electron chi connectivity index (χ0n) is 11.2. The van der Waals surface area contributed by atoms with Gasteiger partial charge in [0.15, 0.2) is 5.78 Å². The lowest BCUT2D eigenvalue weighted by Crippen LogP contribution is -2.25. The first-order valence-electron chi connectivity index (χ1n) is 5.84. The molecule has 0 heterocycles. The topological polar surface area (TPSA) is 35.5 Å². The van der Waals surface area contributed by atoms with Gasteiger partial charge in [0.05, 0.1) is 17.2 Å². The Bertz CT molecular complexity index is 427. The van der Waals surface area contributed by atoms with Crippen molar-refractivity contribution in [2.45, 2.75) is 32.8 Å². The van der Waals surface area contributed by atoms with E-state index in [0.717, 1.165) is 6.42 Å². The number of benzene rings is 1. The van der Waals surface area contributed by atoms with E-state index in [1.807, 2.05) is 13.8 Å². The minimum absolute atomic E-state index is 0.0490. The molecule has 3 nitrogen and oxygen atoms in total. The number of carbonyl (C=O) groups excluding carboxylic acids is 1. The van der Waals surface area contributed by atoms with Gasteiger partial charge in [-0.15, -0.1) is 0 Å². The summed E-state index contributed by atoms with van der Waals surface area (Å²) in [4.78, 5) is 11.2. The van der Waals surface area contributed by atoms with Gasteiger partial charge in [-0.1, -0.05) is 11.6 Å². The van der Waals surface area contributed by atoms with E-state index >= 15 is 0 Å². The van der Waals surface area contributed by atoms with Crippen LogP contribution in [0.15, 0.2) is 18.2 Å². The van der Waals surface area contributed by atoms with Gasteiger partial charge in [-0.2, -0.15) is 0 Å². The fraction of sp³-hybridized carbons (Fsp3) is 0.500. The van der Waals surface area contributed by atoms with E-state index in [-0.39, 0.29) is 11.4 Å². The van der Waals surface area contributed by atoms with Gasteiger partial charge in [0.2, 0.25) is 0 Å². The van der Waals surface area contributed by atoms with Crippen LogP contribution in [-0.2, 0) is 4.74 Å². The van der Waals surface area contributed by atoms with E-state index in [0.29, 0.717) is 22.9 Å². The minimum atomic E-state index is -0.205. The molecule has 0 aromatic heterocycles. The molecule has 0 N–H and O–H groups in total. The van der Waals surface area contributed by atoms with Gasteiger partial charge in [-0.05, 0) is 39.0 Å². The molecule has 18 heavy (non-hydrogen) atoms. The second-order valence-corrected chi connectivity index (χ2v) is 5.17. The van der Waals surface area contributed by atoms with E-state index in [1.54, 1.807) is 25.3 Å². The normalized spacial score (nSPS) is 11.4. The average Bonchev–Trinajstić information content (AvgIpc) is 2.28. The van der Waals surface area contributed by atoms with Crippen LogP contribution in [0.3, 0.4) is 0 Å². The predicted octanol–water partition coefficient (Wildman–Crippen LogP) is 3.74. The minimum Gasteiger partial charge on any atom is -0.493 e. The van der Waals surface area contributed by atoms with Gasteiger partial charge in [0.1, 0.15) is 5.75 Å². The van der Waals surface area contributed by atoms with Crippen molar-refractivity contribution in [3.63, 3.8) is 0 Å². The van der Waals surface area contributed by atoms with Crippen molar-refractivity contribution in [2.24, 2.45) is 0 Å². The van der Waals surface area contributed by atoms with Crippen LogP contribution in [0.1, 0.15) is 37.6 Å². The molecule has 0 spiro atoms. The Balaban J connectivity index is 2.59. The number of halogens is 1. The summed E-state index contributed by atoms with van der Waals surface area (Å²) in [5.41, 5.74) is 0.310. The standard InChI is InChI=1S/C14H19ClO3/c1-10(16)12-6-5-11(9-13(12)15)18-8-7-14(2,3)17-4/h5-6,9H,7-8H2,1-4H3. The van der Waals surface area contributed by atoms with Crippen molar-refractivity contribution in [2.75, 3.05) is 13.7 Å². The van der Waals surface area contributed by atoms with Crippen molar-refractivity contribution in [3.05, 3.63) is 28.8 Å². The zero-order valence-corrected chi connectivity index (χ0v) is 12.0. The summed E-state index contributed by atoms with van der Waals surface area (Å²) in [6.45, 7) is 6.03. The third-order valence-electron chi connectivity index (χ3n) is 2.85. The highest BCUT2D eigenvalue weighted by Crippen LogP contribution is 2.23. The number of hydrogen-bond donors (Lipinski definition) is 0. The quantitative estimate of drug-likeness (QED) is 0.739. The van der Waals surface area contributed by atoms with Gasteiger partial charge in [-0.3, -0.25) is 4.79 Å². The summed E-state index contributed by atoms with van der Waals surface area (Å²) in [5, 5.41) is 0.422. The Kier molecular flexibility index (Phi) is 5.17. The number of ether oxygens (including phenoxy) is 2. The molecule has 0 atom stereocenters. The maximum atomic E-state index is 11.2. The van der Waals surface area contributed by atoms with Crippen molar-refractivity contribution in [3.8, 4) is 5.75 Å². The van der Waals surface area contributed by atoms with E-state index in [9.17, 15) is 4.79 Å². The van der Waals surface area contributed by atoms with Crippen molar-refractivity contribution >= 4 is 17.4 Å². The van der Waals surface area contributed by atoms with Gasteiger partial charge in [0.25, 0.3) is 0 Å². The predicted molar refractivity (Wildman–Crippen MR) is 72.7 cm³/mol. The van der Waals surface area contributed by atoms with Crippen LogP contribution in [0.2, 0.25) is 5.02 Å². The number of Topliss-reactive ketones (excluding diaryl/α,β-unsaturated/α-hetero) is 1. The Morgan fingerprint density at radius 2 is 2.06 bits per heavy atom. The smallest absolute Gasteiger partial charge is 0.161 e. The highest BCUT2D eigenvalue weighted by molar-refractivity contribution is 6.34. The lowest BCUT2D eigenvalue weighted by molar-refractivity contribution is 0.00546. The van der Waals surface area contributed by atoms with Crippen LogP contribution < -0.4 is 4.74 Å². The summed E-state index contributed by atoms with van der Waals surface area (Å²) in [6, 6.07) is 5.10. The number of rotatable bonds is 6. The zero-order chi connectivity index (χ0) is 13.8. The highest BCUT2D eigenvalue weighted by atomic mass is 35.5. The van der Waals surface area contributed by atoms with Crippen molar-refractivity contribution < 1.29 is 14.3 Å². The molecule has 0 unspecified atom stereocenters. The molecule has 1 aromatic rings. The van der Waals surface area contributed by atoms with Gasteiger partial charge in [0, 0.05) is 19.1 Å². The summed E-state index contributed by atoms with van der Waals surface area (Å²) < 4.78 is 10.9. The molecule has 0 amide bonds. The molecule has 0 aliphatic carbocycles. The largest absolute Gasteiger partial charge is 0.493 e. The summed E-state index contributed by atoms with van der Waals surface area (Å²) in [5.74, 6) is 0.615. The maximum absolute atomic E-state index is 11.2. The molecule has 0 saturated heterocycles. The Labute approximate surface area is 113 Å². The van der Waals surface area contributed by atoms with E-state index < -0.39 is 0 Å². The molecule has 0 saturated carbocycles. The fourth-order valence-corrected chi connectivity index (χ4v) is 1.69. The Morgan fingerprint density at radius 3 is 2.56 bits per heavy atom. The lowest BCUT2D eigenvalue weighted by atomic mass is 10.1. The maximum Gasteiger partial charge on any atom is 0.161 e. The Hall–Kier alpha value is -1.06. The lowest BCUT2D eigenvalue weighted by Gasteiger charge is -2.22. The monoisotopic (exact) mass is 270 g/mol. The van der Waals surface area contributed by atoms with Crippen molar-refractivity contribution in [1.29, 1.82) is 0 Å². The number of ketones is 1. The molecule has 0 aliphatic heterocycles. The van der Waals surface area contributed by atoms with Crippen LogP contribution in [0.5, 0.6) is 5.75 Å². The van der Waals surface area contributed by atoms with Crippen molar-refractivity contribution in [1.82, 2.24) is 0 Å². The SMILES string of the molecule is COC(C)(C)CCOc1ccc(C(C)=O)c(Cl)c1. The van der Waals surface area contributed by atoms with Gasteiger partial charge in [-0.25, -0.2) is 0 Å². The number of carbonyl (C=O) groups is 1. The molecule has 4 heteroatoms. The first kappa shape index (κ1) is 15.0. The molecule has 0 bridgehead atoms. The summed E-state index contributed by atoms with van der Waals surface area (Å²) in [6.07, 6.45) is 0.773. The third-order valence-corrected chi connectivity index (χ3v) is 3.16. The molecule has 100 valence electrons. The molecule has 1 aromatic carbocycles. The molecule has 0 aliphatic rings. The molecular formula is C14H19ClO3. The molecule has 0 radical (unpaired) electrons. The molecular weight excluding hydrogens is 252 g/mol. The van der Waals surface area contributed by atoms with E-state index in [4.69, 9.17) is 21.1 Å². The van der Waals surface area contributed by atoms with Crippen LogP contribution in [-0.4, -0.2) is 25.1 Å². The molecule has 1 rings (SSSR count). The van der Waals surface area contributed by atoms with Crippen LogP contribution in [0.25, 0.3) is 0 Å². The Morgan fingerprint density at radius 1 is 1.39 bits per heavy atom. The van der Waals surface area contributed by atoms with Crippen LogP contribution in [0.4, 0.5) is 0 Å². The summed E-state index contributed by atoms with van der Waals surface area (Å²) >= 11 is 5.99. The summed E-state index contributed by atoms with van der Waals surface area (Å²) in [7, 11) is 1.68. The molecule has 0 fully saturated rings. The highest BCUT2D eigenvalue weighted by Gasteiger charge is 2.16. The number of hydrogen-bond acceptors (Lipinski definition) is 3. The van der Waals surface area contributed by atoms with E-state index in [2.05, 4.69) is 0 Å². The van der Waals surface area contributed by atoms with Crippen LogP contribution >= 0.6 is 11.6 Å². The fourth-order valence-electron chi connectivity index (χ4n) is 1.39. The second kappa shape index (κ2) is 6.21. The first-order chi connectivity index (χ1) is 8.35. The second-order valence-electron chi connectivity index (χ2n) is 4.76. The third kappa shape index (κ3) is 4.31. The number of methoxy groups -OCH3 is 1. The van der Waals surface area contributed by atoms with E-state index in [1.165, 1.54) is 6.92 Å².